The lowest BCUT2D eigenvalue weighted by molar-refractivity contribution is 0.192. The van der Waals surface area contributed by atoms with E-state index in [2.05, 4.69) is 11.4 Å². The molecule has 0 spiro atoms. The fourth-order valence-electron chi connectivity index (χ4n) is 2.54. The van der Waals surface area contributed by atoms with E-state index in [0.29, 0.717) is 18.4 Å². The van der Waals surface area contributed by atoms with Gasteiger partial charge >= 0.3 is 0 Å². The molecule has 1 aromatic rings. The average Bonchev–Trinajstić information content (AvgIpc) is 2.97. The second-order valence-electron chi connectivity index (χ2n) is 4.64. The zero-order valence-corrected chi connectivity index (χ0v) is 10.7. The Morgan fingerprint density at radius 1 is 1.41 bits per heavy atom. The largest absolute Gasteiger partial charge is 0.396 e. The summed E-state index contributed by atoms with van der Waals surface area (Å²) in [6, 6.07) is 6.03. The van der Waals surface area contributed by atoms with Gasteiger partial charge in [-0.15, -0.1) is 11.3 Å². The third kappa shape index (κ3) is 3.29. The van der Waals surface area contributed by atoms with Crippen LogP contribution < -0.4 is 5.32 Å². The Morgan fingerprint density at radius 3 is 2.94 bits per heavy atom. The summed E-state index contributed by atoms with van der Waals surface area (Å²) in [5.41, 5.74) is 0. The van der Waals surface area contributed by atoms with E-state index < -0.39 is 0 Å². The van der Waals surface area contributed by atoms with Gasteiger partial charge in [0.15, 0.2) is 0 Å². The quantitative estimate of drug-likeness (QED) is 0.841. The molecule has 1 saturated carbocycles. The standard InChI is InChI=1S/C13H18N2OS/c14-6-12-4-5-13(17-12)8-15-7-10-2-1-3-11(10)9-16/h4-5,10-11,15-16H,1-3,7-9H2. The van der Waals surface area contributed by atoms with Gasteiger partial charge in [0.2, 0.25) is 0 Å². The first-order chi connectivity index (χ1) is 8.33. The summed E-state index contributed by atoms with van der Waals surface area (Å²) in [7, 11) is 0. The van der Waals surface area contributed by atoms with Crippen LogP contribution in [0, 0.1) is 23.2 Å². The lowest BCUT2D eigenvalue weighted by atomic mass is 9.97. The molecule has 0 bridgehead atoms. The monoisotopic (exact) mass is 250 g/mol. The molecule has 92 valence electrons. The van der Waals surface area contributed by atoms with E-state index in [4.69, 9.17) is 5.26 Å². The number of hydrogen-bond donors (Lipinski definition) is 2. The first-order valence-electron chi connectivity index (χ1n) is 6.14. The molecule has 1 aliphatic rings. The lowest BCUT2D eigenvalue weighted by Gasteiger charge is -2.17. The van der Waals surface area contributed by atoms with E-state index in [1.165, 1.54) is 24.1 Å². The van der Waals surface area contributed by atoms with E-state index >= 15 is 0 Å². The summed E-state index contributed by atoms with van der Waals surface area (Å²) in [6.07, 6.45) is 3.64. The van der Waals surface area contributed by atoms with Gasteiger partial charge in [-0.3, -0.25) is 0 Å². The van der Waals surface area contributed by atoms with E-state index in [1.807, 2.05) is 12.1 Å². The molecule has 1 heterocycles. The fourth-order valence-corrected chi connectivity index (χ4v) is 3.31. The summed E-state index contributed by atoms with van der Waals surface area (Å²) in [4.78, 5) is 1.98. The molecule has 1 aromatic heterocycles. The Bertz CT molecular complexity index is 396. The highest BCUT2D eigenvalue weighted by atomic mass is 32.1. The lowest BCUT2D eigenvalue weighted by Crippen LogP contribution is -2.26. The first-order valence-corrected chi connectivity index (χ1v) is 6.95. The molecule has 2 N–H and O–H groups in total. The van der Waals surface area contributed by atoms with Gasteiger partial charge in [0.25, 0.3) is 0 Å². The molecule has 2 atom stereocenters. The van der Waals surface area contributed by atoms with Gasteiger partial charge in [0.05, 0.1) is 0 Å². The van der Waals surface area contributed by atoms with Gasteiger partial charge in [0, 0.05) is 18.0 Å². The van der Waals surface area contributed by atoms with Gasteiger partial charge in [0.1, 0.15) is 10.9 Å². The minimum atomic E-state index is 0.323. The molecule has 0 amide bonds. The van der Waals surface area contributed by atoms with Crippen LogP contribution in [0.4, 0.5) is 0 Å². The maximum Gasteiger partial charge on any atom is 0.110 e. The van der Waals surface area contributed by atoms with E-state index in [1.54, 1.807) is 11.3 Å². The van der Waals surface area contributed by atoms with Gasteiger partial charge in [-0.05, 0) is 43.4 Å². The van der Waals surface area contributed by atoms with Crippen LogP contribution in [0.5, 0.6) is 0 Å². The van der Waals surface area contributed by atoms with Crippen molar-refractivity contribution < 1.29 is 5.11 Å². The highest BCUT2D eigenvalue weighted by Gasteiger charge is 2.25. The summed E-state index contributed by atoms with van der Waals surface area (Å²) >= 11 is 1.55. The molecule has 1 fully saturated rings. The van der Waals surface area contributed by atoms with Crippen molar-refractivity contribution in [2.45, 2.75) is 25.8 Å². The number of nitriles is 1. The predicted octanol–water partition coefficient (Wildman–Crippen LogP) is 2.12. The van der Waals surface area contributed by atoms with Crippen molar-refractivity contribution in [3.63, 3.8) is 0 Å². The maximum atomic E-state index is 9.23. The van der Waals surface area contributed by atoms with Crippen LogP contribution in [-0.4, -0.2) is 18.3 Å². The highest BCUT2D eigenvalue weighted by molar-refractivity contribution is 7.12. The van der Waals surface area contributed by atoms with Crippen LogP contribution in [0.25, 0.3) is 0 Å². The van der Waals surface area contributed by atoms with Crippen molar-refractivity contribution in [2.24, 2.45) is 11.8 Å². The number of aliphatic hydroxyl groups is 1. The molecule has 2 unspecified atom stereocenters. The van der Waals surface area contributed by atoms with Crippen LogP contribution in [0.15, 0.2) is 12.1 Å². The number of rotatable bonds is 5. The second-order valence-corrected chi connectivity index (χ2v) is 5.81. The maximum absolute atomic E-state index is 9.23. The van der Waals surface area contributed by atoms with E-state index in [0.717, 1.165) is 18.0 Å². The van der Waals surface area contributed by atoms with E-state index in [-0.39, 0.29) is 0 Å². The van der Waals surface area contributed by atoms with Gasteiger partial charge in [-0.1, -0.05) is 6.42 Å². The molecule has 4 heteroatoms. The zero-order chi connectivity index (χ0) is 12.1. The molecular weight excluding hydrogens is 232 g/mol. The van der Waals surface area contributed by atoms with Crippen LogP contribution in [-0.2, 0) is 6.54 Å². The molecule has 0 saturated heterocycles. The normalized spacial score (nSPS) is 23.8. The van der Waals surface area contributed by atoms with Crippen LogP contribution in [0.2, 0.25) is 0 Å². The first kappa shape index (κ1) is 12.6. The molecule has 3 nitrogen and oxygen atoms in total. The molecular formula is C13H18N2OS. The van der Waals surface area contributed by atoms with Crippen LogP contribution >= 0.6 is 11.3 Å². The smallest absolute Gasteiger partial charge is 0.110 e. The Labute approximate surface area is 106 Å². The van der Waals surface area contributed by atoms with Crippen molar-refractivity contribution in [3.8, 4) is 6.07 Å². The Morgan fingerprint density at radius 2 is 2.24 bits per heavy atom. The van der Waals surface area contributed by atoms with Crippen LogP contribution in [0.1, 0.15) is 29.0 Å². The second kappa shape index (κ2) is 6.15. The highest BCUT2D eigenvalue weighted by Crippen LogP contribution is 2.30. The zero-order valence-electron chi connectivity index (χ0n) is 9.85. The third-order valence-corrected chi connectivity index (χ3v) is 4.52. The molecule has 17 heavy (non-hydrogen) atoms. The Hall–Kier alpha value is -0.890. The molecule has 0 radical (unpaired) electrons. The summed E-state index contributed by atoms with van der Waals surface area (Å²) in [5, 5.41) is 21.4. The summed E-state index contributed by atoms with van der Waals surface area (Å²) in [6.45, 7) is 2.13. The number of hydrogen-bond acceptors (Lipinski definition) is 4. The minimum absolute atomic E-state index is 0.323. The third-order valence-electron chi connectivity index (χ3n) is 3.53. The Kier molecular flexibility index (Phi) is 4.55. The van der Waals surface area contributed by atoms with E-state index in [9.17, 15) is 5.11 Å². The van der Waals surface area contributed by atoms with Crippen molar-refractivity contribution in [1.29, 1.82) is 5.26 Å². The molecule has 1 aliphatic carbocycles. The van der Waals surface area contributed by atoms with Gasteiger partial charge < -0.3 is 10.4 Å². The van der Waals surface area contributed by atoms with Gasteiger partial charge in [-0.25, -0.2) is 0 Å². The molecule has 2 rings (SSSR count). The average molecular weight is 250 g/mol. The van der Waals surface area contributed by atoms with Gasteiger partial charge in [-0.2, -0.15) is 5.26 Å². The molecule has 0 aromatic carbocycles. The van der Waals surface area contributed by atoms with Crippen LogP contribution in [0.3, 0.4) is 0 Å². The number of nitrogens with zero attached hydrogens (tertiary/aromatic N) is 1. The topological polar surface area (TPSA) is 56.0 Å². The SMILES string of the molecule is N#Cc1ccc(CNCC2CCCC2CO)s1. The number of aliphatic hydroxyl groups excluding tert-OH is 1. The Balaban J connectivity index is 1.74. The van der Waals surface area contributed by atoms with Crippen molar-refractivity contribution in [3.05, 3.63) is 21.9 Å². The molecule has 0 aliphatic heterocycles. The van der Waals surface area contributed by atoms with Crippen molar-refractivity contribution in [2.75, 3.05) is 13.2 Å². The van der Waals surface area contributed by atoms with Crippen molar-refractivity contribution in [1.82, 2.24) is 5.32 Å². The summed E-state index contributed by atoms with van der Waals surface area (Å²) < 4.78 is 0. The minimum Gasteiger partial charge on any atom is -0.396 e. The number of nitrogens with one attached hydrogen (secondary N) is 1. The van der Waals surface area contributed by atoms with Crippen molar-refractivity contribution >= 4 is 11.3 Å². The summed E-state index contributed by atoms with van der Waals surface area (Å²) in [5.74, 6) is 1.11. The fraction of sp³-hybridized carbons (Fsp3) is 0.615. The predicted molar refractivity (Wildman–Crippen MR) is 68.7 cm³/mol. The number of thiophene rings is 1.